The first kappa shape index (κ1) is 14.9. The van der Waals surface area contributed by atoms with E-state index in [0.717, 1.165) is 16.9 Å². The molecule has 19 heavy (non-hydrogen) atoms. The standard InChI is InChI=1S/C15H19NO3/c1-10(2)13-7-14(18-5)11(3)6-15(13)19-12(8-16)9-17-4/h6-7,9-10H,1-5H3/b12-9+. The van der Waals surface area contributed by atoms with Crippen LogP contribution in [0.25, 0.3) is 0 Å². The molecular formula is C15H19NO3. The number of nitrogens with zero attached hydrogens (tertiary/aromatic N) is 1. The fraction of sp³-hybridized carbons (Fsp3) is 0.400. The van der Waals surface area contributed by atoms with E-state index in [2.05, 4.69) is 13.8 Å². The minimum absolute atomic E-state index is 0.119. The summed E-state index contributed by atoms with van der Waals surface area (Å²) in [7, 11) is 3.11. The average Bonchev–Trinajstić information content (AvgIpc) is 2.38. The molecule has 0 amide bonds. The van der Waals surface area contributed by atoms with Crippen molar-refractivity contribution in [2.45, 2.75) is 26.7 Å². The highest BCUT2D eigenvalue weighted by Crippen LogP contribution is 2.34. The summed E-state index contributed by atoms with van der Waals surface area (Å²) in [4.78, 5) is 0. The van der Waals surface area contributed by atoms with E-state index in [0.29, 0.717) is 5.75 Å². The van der Waals surface area contributed by atoms with Crippen LogP contribution in [0.3, 0.4) is 0 Å². The van der Waals surface area contributed by atoms with Crippen LogP contribution in [0.15, 0.2) is 24.2 Å². The summed E-state index contributed by atoms with van der Waals surface area (Å²) in [6.45, 7) is 6.05. The van der Waals surface area contributed by atoms with Crippen LogP contribution in [0.5, 0.6) is 11.5 Å². The summed E-state index contributed by atoms with van der Waals surface area (Å²) in [5.74, 6) is 1.84. The number of hydrogen-bond acceptors (Lipinski definition) is 4. The molecule has 0 bridgehead atoms. The van der Waals surface area contributed by atoms with Gasteiger partial charge in [0.15, 0.2) is 0 Å². The van der Waals surface area contributed by atoms with E-state index < -0.39 is 0 Å². The Labute approximate surface area is 114 Å². The molecule has 0 aliphatic rings. The Kier molecular flexibility index (Phi) is 5.25. The maximum absolute atomic E-state index is 8.97. The van der Waals surface area contributed by atoms with Gasteiger partial charge in [-0.05, 0) is 30.5 Å². The summed E-state index contributed by atoms with van der Waals surface area (Å²) >= 11 is 0. The number of aryl methyl sites for hydroxylation is 1. The van der Waals surface area contributed by atoms with Crippen LogP contribution in [0.4, 0.5) is 0 Å². The molecule has 0 saturated carbocycles. The number of benzene rings is 1. The minimum atomic E-state index is 0.119. The third-order valence-electron chi connectivity index (χ3n) is 2.70. The second kappa shape index (κ2) is 6.69. The Morgan fingerprint density at radius 3 is 2.42 bits per heavy atom. The molecule has 4 nitrogen and oxygen atoms in total. The Morgan fingerprint density at radius 2 is 1.95 bits per heavy atom. The summed E-state index contributed by atoms with van der Waals surface area (Å²) in [5, 5.41) is 8.97. The van der Waals surface area contributed by atoms with Gasteiger partial charge in [-0.2, -0.15) is 5.26 Å². The van der Waals surface area contributed by atoms with E-state index >= 15 is 0 Å². The van der Waals surface area contributed by atoms with Gasteiger partial charge < -0.3 is 14.2 Å². The van der Waals surface area contributed by atoms with Gasteiger partial charge in [0.25, 0.3) is 0 Å². The molecule has 0 saturated heterocycles. The normalized spacial score (nSPS) is 11.1. The predicted molar refractivity (Wildman–Crippen MR) is 73.2 cm³/mol. The summed E-state index contributed by atoms with van der Waals surface area (Å²) in [6, 6.07) is 5.76. The van der Waals surface area contributed by atoms with Gasteiger partial charge in [-0.1, -0.05) is 13.8 Å². The van der Waals surface area contributed by atoms with Gasteiger partial charge in [0, 0.05) is 5.56 Å². The molecule has 1 rings (SSSR count). The Morgan fingerprint density at radius 1 is 1.26 bits per heavy atom. The molecule has 102 valence electrons. The fourth-order valence-electron chi connectivity index (χ4n) is 1.74. The molecule has 0 radical (unpaired) electrons. The minimum Gasteiger partial charge on any atom is -0.500 e. The van der Waals surface area contributed by atoms with Crippen LogP contribution in [0, 0.1) is 18.3 Å². The quantitative estimate of drug-likeness (QED) is 0.601. The molecule has 1 aromatic rings. The number of ether oxygens (including phenoxy) is 3. The largest absolute Gasteiger partial charge is 0.500 e. The van der Waals surface area contributed by atoms with Gasteiger partial charge in [-0.25, -0.2) is 0 Å². The number of rotatable bonds is 5. The highest BCUT2D eigenvalue weighted by molar-refractivity contribution is 5.48. The smallest absolute Gasteiger partial charge is 0.238 e. The van der Waals surface area contributed by atoms with Gasteiger partial charge in [0.2, 0.25) is 5.76 Å². The van der Waals surface area contributed by atoms with Crippen molar-refractivity contribution in [2.24, 2.45) is 0 Å². The Bertz CT molecular complexity index is 513. The number of methoxy groups -OCH3 is 2. The second-order valence-corrected chi connectivity index (χ2v) is 4.45. The highest BCUT2D eigenvalue weighted by atomic mass is 16.5. The number of hydrogen-bond donors (Lipinski definition) is 0. The van der Waals surface area contributed by atoms with Crippen molar-refractivity contribution in [3.05, 3.63) is 35.3 Å². The zero-order valence-corrected chi connectivity index (χ0v) is 12.0. The first-order valence-corrected chi connectivity index (χ1v) is 6.02. The maximum atomic E-state index is 8.97. The Balaban J connectivity index is 3.23. The number of allylic oxidation sites excluding steroid dienone is 1. The predicted octanol–water partition coefficient (Wildman–Crippen LogP) is 3.52. The lowest BCUT2D eigenvalue weighted by Crippen LogP contribution is -2.01. The van der Waals surface area contributed by atoms with E-state index in [1.54, 1.807) is 7.11 Å². The van der Waals surface area contributed by atoms with Crippen LogP contribution in [-0.2, 0) is 4.74 Å². The molecule has 0 N–H and O–H groups in total. The van der Waals surface area contributed by atoms with Crippen LogP contribution in [0.2, 0.25) is 0 Å². The maximum Gasteiger partial charge on any atom is 0.238 e. The van der Waals surface area contributed by atoms with E-state index in [1.807, 2.05) is 25.1 Å². The van der Waals surface area contributed by atoms with Gasteiger partial charge >= 0.3 is 0 Å². The van der Waals surface area contributed by atoms with E-state index in [-0.39, 0.29) is 11.7 Å². The molecule has 4 heteroatoms. The highest BCUT2D eigenvalue weighted by Gasteiger charge is 2.14. The van der Waals surface area contributed by atoms with Gasteiger partial charge in [0.05, 0.1) is 14.2 Å². The zero-order valence-electron chi connectivity index (χ0n) is 12.0. The SMILES string of the molecule is CO/C=C(\C#N)Oc1cc(C)c(OC)cc1C(C)C. The van der Waals surface area contributed by atoms with Crippen LogP contribution < -0.4 is 9.47 Å². The molecule has 0 unspecified atom stereocenters. The van der Waals surface area contributed by atoms with Crippen molar-refractivity contribution in [2.75, 3.05) is 14.2 Å². The molecule has 0 spiro atoms. The van der Waals surface area contributed by atoms with Crippen LogP contribution >= 0.6 is 0 Å². The van der Waals surface area contributed by atoms with Crippen molar-refractivity contribution in [3.63, 3.8) is 0 Å². The summed E-state index contributed by atoms with van der Waals surface area (Å²) in [5.41, 5.74) is 1.94. The molecule has 0 aliphatic carbocycles. The molecule has 0 heterocycles. The van der Waals surface area contributed by atoms with Crippen LogP contribution in [-0.4, -0.2) is 14.2 Å². The van der Waals surface area contributed by atoms with Gasteiger partial charge in [-0.3, -0.25) is 0 Å². The molecule has 0 aromatic heterocycles. The third kappa shape index (κ3) is 3.65. The fourth-order valence-corrected chi connectivity index (χ4v) is 1.74. The van der Waals surface area contributed by atoms with Crippen molar-refractivity contribution in [3.8, 4) is 17.6 Å². The monoisotopic (exact) mass is 261 g/mol. The van der Waals surface area contributed by atoms with Crippen molar-refractivity contribution >= 4 is 0 Å². The van der Waals surface area contributed by atoms with Gasteiger partial charge in [-0.15, -0.1) is 0 Å². The number of nitriles is 1. The summed E-state index contributed by atoms with van der Waals surface area (Å²) < 4.78 is 15.7. The third-order valence-corrected chi connectivity index (χ3v) is 2.70. The molecular weight excluding hydrogens is 242 g/mol. The average molecular weight is 261 g/mol. The molecule has 1 aromatic carbocycles. The lowest BCUT2D eigenvalue weighted by molar-refractivity contribution is 0.309. The van der Waals surface area contributed by atoms with Gasteiger partial charge in [0.1, 0.15) is 23.8 Å². The van der Waals surface area contributed by atoms with Crippen molar-refractivity contribution in [1.29, 1.82) is 5.26 Å². The van der Waals surface area contributed by atoms with E-state index in [9.17, 15) is 0 Å². The lowest BCUT2D eigenvalue weighted by atomic mass is 10.00. The molecule has 0 atom stereocenters. The lowest BCUT2D eigenvalue weighted by Gasteiger charge is -2.16. The van der Waals surface area contributed by atoms with E-state index in [4.69, 9.17) is 19.5 Å². The molecule has 0 aliphatic heterocycles. The zero-order chi connectivity index (χ0) is 14.4. The molecule has 0 fully saturated rings. The first-order chi connectivity index (χ1) is 9.03. The first-order valence-electron chi connectivity index (χ1n) is 6.02. The van der Waals surface area contributed by atoms with E-state index in [1.165, 1.54) is 13.4 Å². The Hall–Kier alpha value is -2.15. The van der Waals surface area contributed by atoms with Crippen molar-refractivity contribution in [1.82, 2.24) is 0 Å². The second-order valence-electron chi connectivity index (χ2n) is 4.45. The van der Waals surface area contributed by atoms with Crippen LogP contribution in [0.1, 0.15) is 30.9 Å². The van der Waals surface area contributed by atoms with Crippen molar-refractivity contribution < 1.29 is 14.2 Å². The topological polar surface area (TPSA) is 51.5 Å². The summed E-state index contributed by atoms with van der Waals surface area (Å²) in [6.07, 6.45) is 1.28.